The fourth-order valence-corrected chi connectivity index (χ4v) is 5.35. The molecule has 0 bridgehead atoms. The zero-order chi connectivity index (χ0) is 29.6. The Labute approximate surface area is 243 Å². The van der Waals surface area contributed by atoms with Gasteiger partial charge in [-0.1, -0.05) is 25.5 Å². The molecule has 5 rings (SSSR count). The van der Waals surface area contributed by atoms with Crippen LogP contribution in [0.5, 0.6) is 0 Å². The average molecular weight is 572 g/mol. The van der Waals surface area contributed by atoms with Gasteiger partial charge in [0, 0.05) is 43.9 Å². The molecule has 3 aromatic heterocycles. The first-order valence-corrected chi connectivity index (χ1v) is 14.1. The van der Waals surface area contributed by atoms with E-state index < -0.39 is 11.7 Å². The van der Waals surface area contributed by atoms with Crippen molar-refractivity contribution in [3.63, 3.8) is 0 Å². The number of aromatic nitrogens is 4. The third kappa shape index (κ3) is 6.01. The number of nitrogens with one attached hydrogen (secondary N) is 1. The Morgan fingerprint density at radius 1 is 1.19 bits per heavy atom. The highest BCUT2D eigenvalue weighted by Crippen LogP contribution is 2.36. The molecule has 0 radical (unpaired) electrons. The highest BCUT2D eigenvalue weighted by molar-refractivity contribution is 6.04. The van der Waals surface area contributed by atoms with Gasteiger partial charge in [-0.15, -0.1) is 0 Å². The standard InChI is InChI=1S/C31H34FN7O3/c1-3-7-20-12-13-34-25(18-20)36-31(41)22-11-10-21(19-23(22)32)27-28-29(33)35-14-16-39(28)30(37-27)24-8-4-5-15-38(24)26(40)9-6-17-42-2/h6,9-14,16,18-19,24H,3-5,7-8,15,17H2,1-2H3,(H2,33,35)(H,34,36,41). The lowest BCUT2D eigenvalue weighted by Crippen LogP contribution is -2.38. The smallest absolute Gasteiger partial charge is 0.259 e. The van der Waals surface area contributed by atoms with E-state index in [2.05, 4.69) is 22.2 Å². The summed E-state index contributed by atoms with van der Waals surface area (Å²) in [5, 5.41) is 2.69. The molecule has 42 heavy (non-hydrogen) atoms. The molecule has 0 aliphatic carbocycles. The van der Waals surface area contributed by atoms with Crippen LogP contribution >= 0.6 is 0 Å². The molecular formula is C31H34FN7O3. The number of halogens is 1. The van der Waals surface area contributed by atoms with Gasteiger partial charge >= 0.3 is 0 Å². The number of nitrogens with two attached hydrogens (primary N) is 1. The van der Waals surface area contributed by atoms with Gasteiger partial charge in [0.05, 0.1) is 18.2 Å². The summed E-state index contributed by atoms with van der Waals surface area (Å²) in [6, 6.07) is 7.69. The topological polar surface area (TPSA) is 128 Å². The van der Waals surface area contributed by atoms with Gasteiger partial charge in [0.25, 0.3) is 5.91 Å². The number of methoxy groups -OCH3 is 1. The SMILES string of the molecule is CCCc1ccnc(NC(=O)c2ccc(-c3nc(C4CCCCN4C(=O)C=CCOC)n4ccnc(N)c34)cc2F)c1. The number of carbonyl (C=O) groups excluding carboxylic acids is 2. The molecule has 4 aromatic rings. The molecule has 1 aliphatic heterocycles. The van der Waals surface area contributed by atoms with Crippen molar-refractivity contribution in [1.82, 2.24) is 24.3 Å². The summed E-state index contributed by atoms with van der Waals surface area (Å²) in [5.74, 6) is -0.245. The number of amides is 2. The maximum atomic E-state index is 15.4. The van der Waals surface area contributed by atoms with E-state index in [1.165, 1.54) is 18.2 Å². The second-order valence-electron chi connectivity index (χ2n) is 10.2. The molecule has 10 nitrogen and oxygen atoms in total. The number of pyridine rings is 1. The van der Waals surface area contributed by atoms with Crippen LogP contribution in [0, 0.1) is 5.82 Å². The van der Waals surface area contributed by atoms with Crippen molar-refractivity contribution in [1.29, 1.82) is 0 Å². The minimum Gasteiger partial charge on any atom is -0.382 e. The normalized spacial score (nSPS) is 15.4. The Morgan fingerprint density at radius 3 is 2.83 bits per heavy atom. The number of hydrogen-bond donors (Lipinski definition) is 2. The molecule has 1 saturated heterocycles. The minimum atomic E-state index is -0.711. The van der Waals surface area contributed by atoms with Crippen molar-refractivity contribution in [2.45, 2.75) is 45.1 Å². The number of fused-ring (bicyclic) bond motifs is 1. The lowest BCUT2D eigenvalue weighted by molar-refractivity contribution is -0.130. The number of nitrogen functional groups attached to an aromatic ring is 1. The number of carbonyl (C=O) groups is 2. The van der Waals surface area contributed by atoms with Crippen molar-refractivity contribution in [3.05, 3.63) is 83.8 Å². The maximum absolute atomic E-state index is 15.4. The summed E-state index contributed by atoms with van der Waals surface area (Å²) in [6.07, 6.45) is 12.5. The summed E-state index contributed by atoms with van der Waals surface area (Å²) in [4.78, 5) is 41.1. The predicted octanol–water partition coefficient (Wildman–Crippen LogP) is 4.97. The monoisotopic (exact) mass is 571 g/mol. The predicted molar refractivity (Wildman–Crippen MR) is 158 cm³/mol. The van der Waals surface area contributed by atoms with E-state index in [0.29, 0.717) is 48.0 Å². The number of rotatable bonds is 9. The van der Waals surface area contributed by atoms with E-state index in [1.807, 2.05) is 10.5 Å². The van der Waals surface area contributed by atoms with Crippen LogP contribution in [0.2, 0.25) is 0 Å². The molecule has 2 amide bonds. The van der Waals surface area contributed by atoms with E-state index in [0.717, 1.165) is 31.2 Å². The average Bonchev–Trinajstić information content (AvgIpc) is 3.38. The molecule has 1 aliphatic rings. The highest BCUT2D eigenvalue weighted by atomic mass is 19.1. The summed E-state index contributed by atoms with van der Waals surface area (Å²) < 4.78 is 22.3. The van der Waals surface area contributed by atoms with E-state index in [9.17, 15) is 9.59 Å². The van der Waals surface area contributed by atoms with E-state index in [-0.39, 0.29) is 23.3 Å². The van der Waals surface area contributed by atoms with Crippen molar-refractivity contribution in [2.24, 2.45) is 0 Å². The zero-order valence-corrected chi connectivity index (χ0v) is 23.7. The number of piperidine rings is 1. The quantitative estimate of drug-likeness (QED) is 0.271. The third-order valence-corrected chi connectivity index (χ3v) is 7.31. The Kier molecular flexibility index (Phi) is 8.87. The van der Waals surface area contributed by atoms with E-state index in [4.69, 9.17) is 15.5 Å². The number of benzene rings is 1. The Hall–Kier alpha value is -4.64. The molecule has 3 N–H and O–H groups in total. The van der Waals surface area contributed by atoms with Crippen LogP contribution in [-0.4, -0.2) is 56.3 Å². The number of likely N-dealkylation sites (tertiary alicyclic amines) is 1. The van der Waals surface area contributed by atoms with E-state index >= 15 is 4.39 Å². The number of ether oxygens (including phenoxy) is 1. The molecule has 1 fully saturated rings. The van der Waals surface area contributed by atoms with Gasteiger partial charge in [-0.3, -0.25) is 14.0 Å². The number of nitrogens with zero attached hydrogens (tertiary/aromatic N) is 5. The number of hydrogen-bond acceptors (Lipinski definition) is 7. The van der Waals surface area contributed by atoms with Crippen molar-refractivity contribution in [2.75, 3.05) is 31.3 Å². The molecule has 0 saturated carbocycles. The van der Waals surface area contributed by atoms with Crippen LogP contribution in [0.1, 0.15) is 60.4 Å². The summed E-state index contributed by atoms with van der Waals surface area (Å²) in [5.41, 5.74) is 8.58. The van der Waals surface area contributed by atoms with Gasteiger partial charge in [-0.05, 0) is 55.5 Å². The highest BCUT2D eigenvalue weighted by Gasteiger charge is 2.32. The first-order chi connectivity index (χ1) is 20.4. The van der Waals surface area contributed by atoms with Crippen molar-refractivity contribution < 1.29 is 18.7 Å². The maximum Gasteiger partial charge on any atom is 0.259 e. The Morgan fingerprint density at radius 2 is 2.05 bits per heavy atom. The van der Waals surface area contributed by atoms with Gasteiger partial charge in [-0.2, -0.15) is 0 Å². The second kappa shape index (κ2) is 12.9. The molecule has 218 valence electrons. The van der Waals surface area contributed by atoms with Crippen LogP contribution in [-0.2, 0) is 16.0 Å². The van der Waals surface area contributed by atoms with Gasteiger partial charge in [-0.25, -0.2) is 19.3 Å². The summed E-state index contributed by atoms with van der Waals surface area (Å²) in [6.45, 7) is 2.99. The first kappa shape index (κ1) is 28.9. The fraction of sp³-hybridized carbons (Fsp3) is 0.323. The number of imidazole rings is 1. The fourth-order valence-electron chi connectivity index (χ4n) is 5.35. The number of anilines is 2. The molecule has 1 atom stereocenters. The van der Waals surface area contributed by atoms with Gasteiger partial charge in [0.2, 0.25) is 5.91 Å². The lowest BCUT2D eigenvalue weighted by Gasteiger charge is -2.34. The summed E-state index contributed by atoms with van der Waals surface area (Å²) >= 11 is 0. The lowest BCUT2D eigenvalue weighted by atomic mass is 10.0. The van der Waals surface area contributed by atoms with Crippen LogP contribution in [0.25, 0.3) is 16.8 Å². The van der Waals surface area contributed by atoms with Gasteiger partial charge in [0.15, 0.2) is 0 Å². The molecular weight excluding hydrogens is 537 g/mol. The Balaban J connectivity index is 1.48. The van der Waals surface area contributed by atoms with Crippen molar-refractivity contribution >= 4 is 29.0 Å². The summed E-state index contributed by atoms with van der Waals surface area (Å²) in [7, 11) is 1.57. The molecule has 0 spiro atoms. The van der Waals surface area contributed by atoms with Crippen LogP contribution < -0.4 is 11.1 Å². The van der Waals surface area contributed by atoms with Crippen LogP contribution in [0.4, 0.5) is 16.0 Å². The second-order valence-corrected chi connectivity index (χ2v) is 10.2. The number of aryl methyl sites for hydroxylation is 1. The first-order valence-electron chi connectivity index (χ1n) is 14.1. The Bertz CT molecular complexity index is 1630. The molecule has 1 unspecified atom stereocenters. The van der Waals surface area contributed by atoms with Gasteiger partial charge < -0.3 is 20.7 Å². The van der Waals surface area contributed by atoms with Crippen LogP contribution in [0.3, 0.4) is 0 Å². The molecule has 1 aromatic carbocycles. The zero-order valence-electron chi connectivity index (χ0n) is 23.7. The largest absolute Gasteiger partial charge is 0.382 e. The third-order valence-electron chi connectivity index (χ3n) is 7.31. The van der Waals surface area contributed by atoms with Crippen LogP contribution in [0.15, 0.2) is 61.1 Å². The minimum absolute atomic E-state index is 0.122. The van der Waals surface area contributed by atoms with Crippen molar-refractivity contribution in [3.8, 4) is 11.3 Å². The van der Waals surface area contributed by atoms with Gasteiger partial charge in [0.1, 0.15) is 34.5 Å². The molecule has 11 heteroatoms. The van der Waals surface area contributed by atoms with E-state index in [1.54, 1.807) is 48.8 Å². The molecule has 4 heterocycles.